The fourth-order valence-corrected chi connectivity index (χ4v) is 2.67. The van der Waals surface area contributed by atoms with Crippen LogP contribution in [0.3, 0.4) is 0 Å². The maximum Gasteiger partial charge on any atom is 0.246 e. The molecule has 0 aliphatic rings. The monoisotopic (exact) mass is 243 g/mol. The van der Waals surface area contributed by atoms with E-state index in [1.807, 2.05) is 6.07 Å². The van der Waals surface area contributed by atoms with E-state index in [4.69, 9.17) is 9.78 Å². The molecule has 1 heterocycles. The molecule has 0 saturated carbocycles. The summed E-state index contributed by atoms with van der Waals surface area (Å²) in [5.74, 6) is -0.134. The van der Waals surface area contributed by atoms with Crippen molar-refractivity contribution in [3.8, 4) is 6.07 Å². The number of nitriles is 1. The molecular formula is C9H13N3O3S. The van der Waals surface area contributed by atoms with Gasteiger partial charge in [0.15, 0.2) is 5.76 Å². The molecule has 1 rings (SSSR count). The van der Waals surface area contributed by atoms with Gasteiger partial charge in [0.2, 0.25) is 10.0 Å². The Labute approximate surface area is 94.3 Å². The summed E-state index contributed by atoms with van der Waals surface area (Å²) in [6.07, 6.45) is 0. The Balaban J connectivity index is 2.92. The van der Waals surface area contributed by atoms with E-state index in [2.05, 4.69) is 9.88 Å². The van der Waals surface area contributed by atoms with Crippen molar-refractivity contribution in [3.05, 3.63) is 11.5 Å². The first-order chi connectivity index (χ1) is 7.38. The molecule has 7 heteroatoms. The molecule has 0 radical (unpaired) electrons. The van der Waals surface area contributed by atoms with Crippen LogP contribution in [0.5, 0.6) is 0 Å². The van der Waals surface area contributed by atoms with Crippen LogP contribution in [-0.2, 0) is 10.0 Å². The van der Waals surface area contributed by atoms with Crippen molar-refractivity contribution < 1.29 is 12.9 Å². The number of aromatic nitrogens is 1. The molecule has 0 aliphatic carbocycles. The van der Waals surface area contributed by atoms with E-state index < -0.39 is 10.0 Å². The van der Waals surface area contributed by atoms with E-state index in [0.29, 0.717) is 5.69 Å². The van der Waals surface area contributed by atoms with Crippen molar-refractivity contribution in [1.82, 2.24) is 9.88 Å². The molecule has 1 aromatic rings. The minimum Gasteiger partial charge on any atom is -0.360 e. The van der Waals surface area contributed by atoms with Gasteiger partial charge in [-0.05, 0) is 20.8 Å². The number of aryl methyl sites for hydroxylation is 2. The van der Waals surface area contributed by atoms with Gasteiger partial charge in [-0.2, -0.15) is 5.26 Å². The lowest BCUT2D eigenvalue weighted by atomic mass is 10.2. The second-order valence-electron chi connectivity index (χ2n) is 3.54. The number of sulfonamides is 1. The van der Waals surface area contributed by atoms with Crippen molar-refractivity contribution in [2.75, 3.05) is 6.54 Å². The van der Waals surface area contributed by atoms with Crippen LogP contribution >= 0.6 is 0 Å². The van der Waals surface area contributed by atoms with Crippen LogP contribution in [0, 0.1) is 31.1 Å². The third kappa shape index (κ3) is 2.59. The topological polar surface area (TPSA) is 96.0 Å². The summed E-state index contributed by atoms with van der Waals surface area (Å²) < 4.78 is 30.8. The molecule has 1 aromatic heterocycles. The number of hydrogen-bond donors (Lipinski definition) is 1. The molecule has 0 saturated heterocycles. The fraction of sp³-hybridized carbons (Fsp3) is 0.556. The average Bonchev–Trinajstić information content (AvgIpc) is 2.55. The second-order valence-corrected chi connectivity index (χ2v) is 5.24. The van der Waals surface area contributed by atoms with Crippen LogP contribution in [0.1, 0.15) is 18.4 Å². The van der Waals surface area contributed by atoms with Crippen molar-refractivity contribution in [1.29, 1.82) is 5.26 Å². The van der Waals surface area contributed by atoms with E-state index in [9.17, 15) is 8.42 Å². The summed E-state index contributed by atoms with van der Waals surface area (Å²) in [6.45, 7) is 4.79. The third-order valence-electron chi connectivity index (χ3n) is 2.04. The van der Waals surface area contributed by atoms with Crippen LogP contribution < -0.4 is 4.72 Å². The molecule has 88 valence electrons. The van der Waals surface area contributed by atoms with E-state index in [1.165, 1.54) is 6.92 Å². The summed E-state index contributed by atoms with van der Waals surface area (Å²) in [7, 11) is -3.64. The van der Waals surface area contributed by atoms with Crippen molar-refractivity contribution in [3.63, 3.8) is 0 Å². The predicted molar refractivity (Wildman–Crippen MR) is 55.9 cm³/mol. The summed E-state index contributed by atoms with van der Waals surface area (Å²) >= 11 is 0. The summed E-state index contributed by atoms with van der Waals surface area (Å²) in [6, 6.07) is 1.95. The molecule has 6 nitrogen and oxygen atoms in total. The van der Waals surface area contributed by atoms with Crippen LogP contribution in [0.2, 0.25) is 0 Å². The first-order valence-electron chi connectivity index (χ1n) is 4.70. The molecule has 16 heavy (non-hydrogen) atoms. The highest BCUT2D eigenvalue weighted by molar-refractivity contribution is 7.89. The molecule has 0 spiro atoms. The zero-order valence-electron chi connectivity index (χ0n) is 9.31. The lowest BCUT2D eigenvalue weighted by molar-refractivity contribution is 0.390. The quantitative estimate of drug-likeness (QED) is 0.840. The number of nitrogens with one attached hydrogen (secondary N) is 1. The van der Waals surface area contributed by atoms with Gasteiger partial charge < -0.3 is 4.52 Å². The van der Waals surface area contributed by atoms with Crippen molar-refractivity contribution >= 4 is 10.0 Å². The zero-order chi connectivity index (χ0) is 12.3. The molecule has 0 bridgehead atoms. The van der Waals surface area contributed by atoms with E-state index in [-0.39, 0.29) is 23.1 Å². The van der Waals surface area contributed by atoms with Gasteiger partial charge in [-0.25, -0.2) is 13.1 Å². The summed E-state index contributed by atoms with van der Waals surface area (Å²) in [5.41, 5.74) is 0.314. The van der Waals surface area contributed by atoms with E-state index >= 15 is 0 Å². The first kappa shape index (κ1) is 12.7. The standard InChI is InChI=1S/C9H13N3O3S/c1-6(4-10)5-11-16(13,14)9-7(2)12-15-8(9)3/h6,11H,5H2,1-3H3. The molecular weight excluding hydrogens is 230 g/mol. The lowest BCUT2D eigenvalue weighted by Gasteiger charge is -2.06. The molecule has 0 aromatic carbocycles. The Morgan fingerprint density at radius 1 is 1.56 bits per heavy atom. The average molecular weight is 243 g/mol. The first-order valence-corrected chi connectivity index (χ1v) is 6.19. The molecule has 1 N–H and O–H groups in total. The maximum absolute atomic E-state index is 11.8. The van der Waals surface area contributed by atoms with Gasteiger partial charge in [0.1, 0.15) is 10.6 Å². The van der Waals surface area contributed by atoms with E-state index in [0.717, 1.165) is 0 Å². The van der Waals surface area contributed by atoms with Gasteiger partial charge in [-0.1, -0.05) is 5.16 Å². The summed E-state index contributed by atoms with van der Waals surface area (Å²) in [4.78, 5) is 0.0534. The van der Waals surface area contributed by atoms with Crippen molar-refractivity contribution in [2.24, 2.45) is 5.92 Å². The molecule has 0 amide bonds. The summed E-state index contributed by atoms with van der Waals surface area (Å²) in [5, 5.41) is 12.1. The Morgan fingerprint density at radius 2 is 2.19 bits per heavy atom. The Kier molecular flexibility index (Phi) is 3.67. The van der Waals surface area contributed by atoms with Crippen LogP contribution in [0.15, 0.2) is 9.42 Å². The predicted octanol–water partition coefficient (Wildman–Crippen LogP) is 0.729. The smallest absolute Gasteiger partial charge is 0.246 e. The third-order valence-corrected chi connectivity index (χ3v) is 3.70. The highest BCUT2D eigenvalue weighted by Crippen LogP contribution is 2.18. The Morgan fingerprint density at radius 3 is 2.62 bits per heavy atom. The van der Waals surface area contributed by atoms with Gasteiger partial charge in [0.05, 0.1) is 12.0 Å². The maximum atomic E-state index is 11.8. The van der Waals surface area contributed by atoms with Gasteiger partial charge in [-0.3, -0.25) is 0 Å². The Hall–Kier alpha value is -1.39. The van der Waals surface area contributed by atoms with Gasteiger partial charge >= 0.3 is 0 Å². The van der Waals surface area contributed by atoms with E-state index in [1.54, 1.807) is 13.8 Å². The number of nitrogens with zero attached hydrogens (tertiary/aromatic N) is 2. The van der Waals surface area contributed by atoms with Crippen LogP contribution in [0.25, 0.3) is 0 Å². The van der Waals surface area contributed by atoms with Gasteiger partial charge in [0, 0.05) is 6.54 Å². The molecule has 0 aliphatic heterocycles. The largest absolute Gasteiger partial charge is 0.360 e. The van der Waals surface area contributed by atoms with Crippen LogP contribution in [0.4, 0.5) is 0 Å². The SMILES string of the molecule is Cc1noc(C)c1S(=O)(=O)NCC(C)C#N. The number of rotatable bonds is 4. The Bertz CT molecular complexity index is 493. The normalized spacial score (nSPS) is 13.4. The molecule has 0 fully saturated rings. The van der Waals surface area contributed by atoms with Gasteiger partial charge in [-0.15, -0.1) is 0 Å². The fourth-order valence-electron chi connectivity index (χ4n) is 1.21. The minimum atomic E-state index is -3.64. The highest BCUT2D eigenvalue weighted by Gasteiger charge is 2.24. The van der Waals surface area contributed by atoms with Gasteiger partial charge in [0.25, 0.3) is 0 Å². The zero-order valence-corrected chi connectivity index (χ0v) is 10.1. The van der Waals surface area contributed by atoms with Crippen LogP contribution in [-0.4, -0.2) is 20.1 Å². The minimum absolute atomic E-state index is 0.0534. The lowest BCUT2D eigenvalue weighted by Crippen LogP contribution is -2.28. The van der Waals surface area contributed by atoms with Crippen molar-refractivity contribution in [2.45, 2.75) is 25.7 Å². The number of hydrogen-bond acceptors (Lipinski definition) is 5. The molecule has 1 unspecified atom stereocenters. The molecule has 1 atom stereocenters. The highest BCUT2D eigenvalue weighted by atomic mass is 32.2. The second kappa shape index (κ2) is 4.63.